The molecule has 0 amide bonds. The van der Waals surface area contributed by atoms with Crippen LogP contribution in [-0.2, 0) is 9.84 Å². The highest BCUT2D eigenvalue weighted by Gasteiger charge is 2.36. The topological polar surface area (TPSA) is 84.2 Å². The van der Waals surface area contributed by atoms with E-state index in [1.165, 1.54) is 0 Å². The molecule has 0 spiro atoms. The second-order valence-corrected chi connectivity index (χ2v) is 7.93. The molecule has 0 unspecified atom stereocenters. The molecule has 0 aromatic heterocycles. The summed E-state index contributed by atoms with van der Waals surface area (Å²) < 4.78 is 22.8. The van der Waals surface area contributed by atoms with E-state index in [-0.39, 0.29) is 17.5 Å². The number of unbranched alkanes of at least 4 members (excludes halogenated alkanes) is 3. The normalized spacial score (nSPS) is 25.2. The van der Waals surface area contributed by atoms with Crippen molar-refractivity contribution in [3.63, 3.8) is 0 Å². The Labute approximate surface area is 125 Å². The molecule has 0 aromatic rings. The lowest BCUT2D eigenvalue weighted by molar-refractivity contribution is 0.599. The first kappa shape index (κ1) is 16.9. The summed E-state index contributed by atoms with van der Waals surface area (Å²) in [5.74, 6) is 0.0768. The number of thiocarbonyl (C=S) groups is 1. The van der Waals surface area contributed by atoms with E-state index in [1.54, 1.807) is 0 Å². The molecule has 1 saturated heterocycles. The molecule has 0 aromatic carbocycles. The highest BCUT2D eigenvalue weighted by atomic mass is 35.5. The van der Waals surface area contributed by atoms with Crippen LogP contribution in [0.4, 0.5) is 0 Å². The van der Waals surface area contributed by atoms with Gasteiger partial charge in [-0.2, -0.15) is 0 Å². The van der Waals surface area contributed by atoms with Crippen LogP contribution in [0.2, 0.25) is 0 Å². The van der Waals surface area contributed by atoms with Crippen LogP contribution in [0.25, 0.3) is 0 Å². The largest absolute Gasteiger partial charge is 0.363 e. The fourth-order valence-corrected chi connectivity index (χ4v) is 4.78. The van der Waals surface area contributed by atoms with Gasteiger partial charge < -0.3 is 16.4 Å². The van der Waals surface area contributed by atoms with Gasteiger partial charge >= 0.3 is 0 Å². The third-order valence-electron chi connectivity index (χ3n) is 3.02. The zero-order valence-electron chi connectivity index (χ0n) is 10.9. The fraction of sp³-hybridized carbons (Fsp3) is 0.909. The fourth-order valence-electron chi connectivity index (χ4n) is 1.98. The SMILES string of the molecule is NCCCCCCNC(=S)N[C@@H]1CS(=O)(=O)C[C@@H]1Cl. The van der Waals surface area contributed by atoms with Crippen molar-refractivity contribution in [2.45, 2.75) is 37.1 Å². The van der Waals surface area contributed by atoms with Crippen LogP contribution in [-0.4, -0.2) is 49.5 Å². The monoisotopic (exact) mass is 327 g/mol. The first-order valence-electron chi connectivity index (χ1n) is 6.53. The Morgan fingerprint density at radius 1 is 1.26 bits per heavy atom. The molecule has 0 saturated carbocycles. The predicted molar refractivity (Wildman–Crippen MR) is 83.3 cm³/mol. The van der Waals surface area contributed by atoms with Crippen molar-refractivity contribution in [2.24, 2.45) is 5.73 Å². The van der Waals surface area contributed by atoms with Crippen molar-refractivity contribution in [1.29, 1.82) is 0 Å². The van der Waals surface area contributed by atoms with E-state index in [9.17, 15) is 8.42 Å². The summed E-state index contributed by atoms with van der Waals surface area (Å²) in [5.41, 5.74) is 5.41. The molecular formula is C11H22ClN3O2S2. The highest BCUT2D eigenvalue weighted by Crippen LogP contribution is 2.17. The maximum absolute atomic E-state index is 11.4. The maximum atomic E-state index is 11.4. The number of nitrogens with one attached hydrogen (secondary N) is 2. The van der Waals surface area contributed by atoms with Gasteiger partial charge in [-0.15, -0.1) is 11.6 Å². The lowest BCUT2D eigenvalue weighted by atomic mass is 10.2. The Hall–Kier alpha value is -0.110. The van der Waals surface area contributed by atoms with Crippen LogP contribution in [0.1, 0.15) is 25.7 Å². The second-order valence-electron chi connectivity index (χ2n) is 4.80. The molecule has 1 aliphatic rings. The molecule has 1 heterocycles. The number of alkyl halides is 1. The van der Waals surface area contributed by atoms with Gasteiger partial charge in [-0.25, -0.2) is 8.42 Å². The quantitative estimate of drug-likeness (QED) is 0.356. The summed E-state index contributed by atoms with van der Waals surface area (Å²) in [5, 5.41) is 6.12. The van der Waals surface area contributed by atoms with Gasteiger partial charge in [0.05, 0.1) is 22.9 Å². The minimum absolute atomic E-state index is 0.0218. The summed E-state index contributed by atoms with van der Waals surface area (Å²) in [4.78, 5) is 0. The van der Waals surface area contributed by atoms with E-state index in [2.05, 4.69) is 10.6 Å². The van der Waals surface area contributed by atoms with Gasteiger partial charge in [-0.05, 0) is 31.6 Å². The van der Waals surface area contributed by atoms with Crippen LogP contribution in [0.3, 0.4) is 0 Å². The van der Waals surface area contributed by atoms with E-state index >= 15 is 0 Å². The average Bonchev–Trinajstić information content (AvgIpc) is 2.56. The summed E-state index contributed by atoms with van der Waals surface area (Å²) in [7, 11) is -3.02. The third kappa shape index (κ3) is 6.74. The van der Waals surface area contributed by atoms with E-state index in [0.717, 1.165) is 38.8 Å². The number of halogens is 1. The summed E-state index contributed by atoms with van der Waals surface area (Å²) in [6, 6.07) is -0.288. The lowest BCUT2D eigenvalue weighted by Crippen LogP contribution is -2.46. The van der Waals surface area contributed by atoms with Crippen molar-refractivity contribution >= 4 is 38.8 Å². The zero-order chi connectivity index (χ0) is 14.3. The molecule has 1 aliphatic heterocycles. The Kier molecular flexibility index (Phi) is 7.35. The van der Waals surface area contributed by atoms with Crippen molar-refractivity contribution in [1.82, 2.24) is 10.6 Å². The molecule has 2 atom stereocenters. The van der Waals surface area contributed by atoms with Crippen LogP contribution in [0, 0.1) is 0 Å². The number of sulfone groups is 1. The average molecular weight is 328 g/mol. The number of rotatable bonds is 7. The highest BCUT2D eigenvalue weighted by molar-refractivity contribution is 7.91. The van der Waals surface area contributed by atoms with Crippen molar-refractivity contribution < 1.29 is 8.42 Å². The Bertz CT molecular complexity index is 389. The maximum Gasteiger partial charge on any atom is 0.166 e. The van der Waals surface area contributed by atoms with Gasteiger partial charge in [-0.1, -0.05) is 12.8 Å². The number of hydrogen-bond acceptors (Lipinski definition) is 4. The van der Waals surface area contributed by atoms with Crippen LogP contribution in [0.5, 0.6) is 0 Å². The van der Waals surface area contributed by atoms with Gasteiger partial charge in [0.2, 0.25) is 0 Å². The third-order valence-corrected chi connectivity index (χ3v) is 5.65. The Morgan fingerprint density at radius 2 is 1.95 bits per heavy atom. The van der Waals surface area contributed by atoms with Crippen LogP contribution >= 0.6 is 23.8 Å². The second kappa shape index (κ2) is 8.24. The number of hydrogen-bond donors (Lipinski definition) is 3. The molecule has 0 aliphatic carbocycles. The zero-order valence-corrected chi connectivity index (χ0v) is 13.3. The first-order valence-corrected chi connectivity index (χ1v) is 9.20. The summed E-state index contributed by atoms with van der Waals surface area (Å²) in [6.07, 6.45) is 4.32. The molecule has 112 valence electrons. The van der Waals surface area contributed by atoms with Gasteiger partial charge in [0.1, 0.15) is 0 Å². The van der Waals surface area contributed by atoms with E-state index in [4.69, 9.17) is 29.6 Å². The Balaban J connectivity index is 2.14. The smallest absolute Gasteiger partial charge is 0.166 e. The Morgan fingerprint density at radius 3 is 2.53 bits per heavy atom. The van der Waals surface area contributed by atoms with Crippen LogP contribution < -0.4 is 16.4 Å². The van der Waals surface area contributed by atoms with Crippen molar-refractivity contribution in [2.75, 3.05) is 24.6 Å². The molecule has 19 heavy (non-hydrogen) atoms. The van der Waals surface area contributed by atoms with Gasteiger partial charge in [0.15, 0.2) is 14.9 Å². The lowest BCUT2D eigenvalue weighted by Gasteiger charge is -2.17. The van der Waals surface area contributed by atoms with E-state index in [0.29, 0.717) is 5.11 Å². The molecule has 1 fully saturated rings. The molecular weight excluding hydrogens is 306 g/mol. The summed E-state index contributed by atoms with van der Waals surface area (Å²) in [6.45, 7) is 1.52. The molecule has 8 heteroatoms. The summed E-state index contributed by atoms with van der Waals surface area (Å²) >= 11 is 11.1. The van der Waals surface area contributed by atoms with Crippen molar-refractivity contribution in [3.05, 3.63) is 0 Å². The van der Waals surface area contributed by atoms with Gasteiger partial charge in [0.25, 0.3) is 0 Å². The van der Waals surface area contributed by atoms with E-state index in [1.807, 2.05) is 0 Å². The van der Waals surface area contributed by atoms with E-state index < -0.39 is 15.2 Å². The first-order chi connectivity index (χ1) is 8.94. The predicted octanol–water partition coefficient (Wildman–Crippen LogP) is 0.374. The molecule has 0 radical (unpaired) electrons. The minimum Gasteiger partial charge on any atom is -0.363 e. The number of nitrogens with two attached hydrogens (primary N) is 1. The molecule has 0 bridgehead atoms. The molecule has 4 N–H and O–H groups in total. The van der Waals surface area contributed by atoms with Gasteiger partial charge in [-0.3, -0.25) is 0 Å². The van der Waals surface area contributed by atoms with Crippen molar-refractivity contribution in [3.8, 4) is 0 Å². The van der Waals surface area contributed by atoms with Gasteiger partial charge in [0, 0.05) is 6.54 Å². The standard InChI is InChI=1S/C11H22ClN3O2S2/c12-9-7-19(16,17)8-10(9)15-11(18)14-6-4-2-1-3-5-13/h9-10H,1-8,13H2,(H2,14,15,18)/t9-,10+/m0/s1. The minimum atomic E-state index is -3.02. The molecule has 1 rings (SSSR count). The van der Waals surface area contributed by atoms with Crippen LogP contribution in [0.15, 0.2) is 0 Å². The molecule has 5 nitrogen and oxygen atoms in total.